The van der Waals surface area contributed by atoms with Gasteiger partial charge in [0.1, 0.15) is 12.0 Å². The number of imidazole rings is 1. The molecule has 2 rings (SSSR count). The summed E-state index contributed by atoms with van der Waals surface area (Å²) in [6, 6.07) is 7.74. The molecular formula is C10H8ClN2. The Morgan fingerprint density at radius 1 is 1.31 bits per heavy atom. The van der Waals surface area contributed by atoms with E-state index < -0.39 is 0 Å². The van der Waals surface area contributed by atoms with E-state index in [-0.39, 0.29) is 0 Å². The molecule has 2 nitrogen and oxygen atoms in total. The summed E-state index contributed by atoms with van der Waals surface area (Å²) in [6.07, 6.45) is 5.22. The minimum absolute atomic E-state index is 0.759. The fourth-order valence-corrected chi connectivity index (χ4v) is 1.27. The maximum Gasteiger partial charge on any atom is 0.111 e. The second-order valence-electron chi connectivity index (χ2n) is 2.78. The van der Waals surface area contributed by atoms with Crippen molar-refractivity contribution in [1.29, 1.82) is 0 Å². The molecule has 0 aliphatic heterocycles. The van der Waals surface area contributed by atoms with E-state index in [0.717, 1.165) is 17.3 Å². The van der Waals surface area contributed by atoms with E-state index in [9.17, 15) is 0 Å². The quantitative estimate of drug-likeness (QED) is 0.776. The zero-order valence-corrected chi connectivity index (χ0v) is 7.67. The van der Waals surface area contributed by atoms with Crippen molar-refractivity contribution < 1.29 is 0 Å². The highest BCUT2D eigenvalue weighted by Crippen LogP contribution is 2.11. The predicted molar refractivity (Wildman–Crippen MR) is 51.7 cm³/mol. The lowest BCUT2D eigenvalue weighted by Gasteiger charge is -1.97. The van der Waals surface area contributed by atoms with Gasteiger partial charge in [0.15, 0.2) is 0 Å². The Labute approximate surface area is 81.6 Å². The Morgan fingerprint density at radius 2 is 2.08 bits per heavy atom. The summed E-state index contributed by atoms with van der Waals surface area (Å²) in [5.41, 5.74) is 1.19. The zero-order valence-electron chi connectivity index (χ0n) is 6.92. The molecule has 0 unspecified atom stereocenters. The molecule has 1 N–H and O–H groups in total. The van der Waals surface area contributed by atoms with Gasteiger partial charge in [0, 0.05) is 17.6 Å². The van der Waals surface area contributed by atoms with E-state index in [0.29, 0.717) is 0 Å². The van der Waals surface area contributed by atoms with Crippen LogP contribution in [0, 0.1) is 6.20 Å². The molecule has 0 amide bonds. The summed E-state index contributed by atoms with van der Waals surface area (Å²) in [5, 5.41) is 0.759. The molecule has 0 aliphatic carbocycles. The van der Waals surface area contributed by atoms with E-state index >= 15 is 0 Å². The van der Waals surface area contributed by atoms with Crippen LogP contribution < -0.4 is 0 Å². The van der Waals surface area contributed by atoms with E-state index in [1.807, 2.05) is 24.3 Å². The van der Waals surface area contributed by atoms with E-state index in [1.54, 1.807) is 6.20 Å². The Balaban J connectivity index is 2.15. The number of H-pyrrole nitrogens is 1. The highest BCUT2D eigenvalue weighted by Gasteiger charge is 1.97. The molecule has 3 heteroatoms. The fourth-order valence-electron chi connectivity index (χ4n) is 1.14. The minimum Gasteiger partial charge on any atom is -0.348 e. The van der Waals surface area contributed by atoms with Gasteiger partial charge in [-0.3, -0.25) is 0 Å². The Kier molecular flexibility index (Phi) is 2.32. The van der Waals surface area contributed by atoms with Crippen LogP contribution in [0.15, 0.2) is 30.5 Å². The molecule has 0 saturated heterocycles. The molecular weight excluding hydrogens is 184 g/mol. The number of rotatable bonds is 2. The first-order valence-corrected chi connectivity index (χ1v) is 4.37. The molecule has 0 spiro atoms. The molecule has 0 atom stereocenters. The Hall–Kier alpha value is -1.28. The molecule has 1 heterocycles. The Bertz CT molecular complexity index is 364. The van der Waals surface area contributed by atoms with Gasteiger partial charge in [-0.25, -0.2) is 4.98 Å². The topological polar surface area (TPSA) is 28.7 Å². The van der Waals surface area contributed by atoms with E-state index in [4.69, 9.17) is 11.6 Å². The third kappa shape index (κ3) is 2.10. The van der Waals surface area contributed by atoms with Crippen LogP contribution in [0.4, 0.5) is 0 Å². The number of halogens is 1. The monoisotopic (exact) mass is 191 g/mol. The normalized spacial score (nSPS) is 10.2. The highest BCUT2D eigenvalue weighted by molar-refractivity contribution is 6.30. The second-order valence-corrected chi connectivity index (χ2v) is 3.22. The van der Waals surface area contributed by atoms with Crippen LogP contribution in [0.1, 0.15) is 11.4 Å². The molecule has 1 radical (unpaired) electrons. The number of benzene rings is 1. The molecule has 0 saturated carbocycles. The van der Waals surface area contributed by atoms with Crippen molar-refractivity contribution in [2.24, 2.45) is 0 Å². The lowest BCUT2D eigenvalue weighted by Crippen LogP contribution is -1.89. The summed E-state index contributed by atoms with van der Waals surface area (Å²) < 4.78 is 0. The van der Waals surface area contributed by atoms with Gasteiger partial charge in [0.05, 0.1) is 0 Å². The maximum atomic E-state index is 5.76. The van der Waals surface area contributed by atoms with Crippen LogP contribution in [0.5, 0.6) is 0 Å². The van der Waals surface area contributed by atoms with Crippen molar-refractivity contribution in [2.75, 3.05) is 0 Å². The highest BCUT2D eigenvalue weighted by atomic mass is 35.5. The smallest absolute Gasteiger partial charge is 0.111 e. The van der Waals surface area contributed by atoms with Gasteiger partial charge >= 0.3 is 0 Å². The maximum absolute atomic E-state index is 5.76. The number of aromatic nitrogens is 2. The van der Waals surface area contributed by atoms with Crippen molar-refractivity contribution in [2.45, 2.75) is 6.42 Å². The Morgan fingerprint density at radius 3 is 2.69 bits per heavy atom. The predicted octanol–water partition coefficient (Wildman–Crippen LogP) is 2.45. The van der Waals surface area contributed by atoms with Crippen LogP contribution in [-0.4, -0.2) is 9.97 Å². The molecule has 0 bridgehead atoms. The average Bonchev–Trinajstić information content (AvgIpc) is 2.62. The first-order valence-electron chi connectivity index (χ1n) is 3.99. The summed E-state index contributed by atoms with van der Waals surface area (Å²) >= 11 is 5.76. The van der Waals surface area contributed by atoms with Gasteiger partial charge in [0.2, 0.25) is 0 Å². The van der Waals surface area contributed by atoms with Crippen molar-refractivity contribution in [1.82, 2.24) is 9.97 Å². The average molecular weight is 192 g/mol. The first-order chi connectivity index (χ1) is 6.34. The molecule has 65 valence electrons. The molecule has 2 aromatic rings. The molecule has 0 fully saturated rings. The summed E-state index contributed by atoms with van der Waals surface area (Å²) in [5.74, 6) is 0.919. The van der Waals surface area contributed by atoms with Gasteiger partial charge in [-0.1, -0.05) is 23.7 Å². The summed E-state index contributed by atoms with van der Waals surface area (Å²) in [7, 11) is 0. The van der Waals surface area contributed by atoms with E-state index in [1.165, 1.54) is 5.56 Å². The number of nitrogens with zero attached hydrogens (tertiary/aromatic N) is 1. The third-order valence-corrected chi connectivity index (χ3v) is 2.04. The first kappa shape index (κ1) is 8.32. The molecule has 0 aliphatic rings. The third-order valence-electron chi connectivity index (χ3n) is 1.79. The molecule has 1 aromatic heterocycles. The lowest BCUT2D eigenvalue weighted by molar-refractivity contribution is 1.02. The standard InChI is InChI=1S/C10H8ClN2/c11-9-3-1-8(2-4-9)7-10-12-5-6-13-10/h1-5H,7H2,(H,12,13). The number of aromatic amines is 1. The van der Waals surface area contributed by atoms with Crippen LogP contribution in [0.25, 0.3) is 0 Å². The van der Waals surface area contributed by atoms with Crippen molar-refractivity contribution in [3.63, 3.8) is 0 Å². The zero-order chi connectivity index (χ0) is 9.10. The van der Waals surface area contributed by atoms with Crippen LogP contribution >= 0.6 is 11.6 Å². The summed E-state index contributed by atoms with van der Waals surface area (Å²) in [4.78, 5) is 7.02. The largest absolute Gasteiger partial charge is 0.348 e. The van der Waals surface area contributed by atoms with Gasteiger partial charge in [-0.05, 0) is 17.7 Å². The molecule has 13 heavy (non-hydrogen) atoms. The fraction of sp³-hybridized carbons (Fsp3) is 0.100. The van der Waals surface area contributed by atoms with Crippen LogP contribution in [-0.2, 0) is 6.42 Å². The number of hydrogen-bond acceptors (Lipinski definition) is 1. The SMILES string of the molecule is Clc1ccc(Cc2n[c]c[nH]2)cc1. The summed E-state index contributed by atoms with van der Waals surface area (Å²) in [6.45, 7) is 0. The van der Waals surface area contributed by atoms with Gasteiger partial charge < -0.3 is 4.98 Å². The molecule has 1 aromatic carbocycles. The minimum atomic E-state index is 0.759. The van der Waals surface area contributed by atoms with Gasteiger partial charge in [-0.2, -0.15) is 0 Å². The van der Waals surface area contributed by atoms with Crippen molar-refractivity contribution >= 4 is 11.6 Å². The van der Waals surface area contributed by atoms with Crippen molar-refractivity contribution in [3.05, 3.63) is 53.1 Å². The van der Waals surface area contributed by atoms with Crippen LogP contribution in [0.3, 0.4) is 0 Å². The van der Waals surface area contributed by atoms with E-state index in [2.05, 4.69) is 16.2 Å². The number of nitrogens with one attached hydrogen (secondary N) is 1. The second kappa shape index (κ2) is 3.62. The van der Waals surface area contributed by atoms with Crippen LogP contribution in [0.2, 0.25) is 5.02 Å². The van der Waals surface area contributed by atoms with Gasteiger partial charge in [-0.15, -0.1) is 0 Å². The lowest BCUT2D eigenvalue weighted by atomic mass is 10.1. The van der Waals surface area contributed by atoms with Crippen molar-refractivity contribution in [3.8, 4) is 0 Å². The number of hydrogen-bond donors (Lipinski definition) is 1. The van der Waals surface area contributed by atoms with Gasteiger partial charge in [0.25, 0.3) is 0 Å².